The molecule has 3 nitrogen and oxygen atoms in total. The van der Waals surface area contributed by atoms with E-state index >= 15 is 0 Å². The third-order valence-corrected chi connectivity index (χ3v) is 5.23. The lowest BCUT2D eigenvalue weighted by atomic mass is 10.2. The summed E-state index contributed by atoms with van der Waals surface area (Å²) in [5.74, 6) is 1.63. The van der Waals surface area contributed by atoms with Gasteiger partial charge in [0.1, 0.15) is 0 Å². The van der Waals surface area contributed by atoms with Crippen molar-refractivity contribution in [1.82, 2.24) is 4.98 Å². The quantitative estimate of drug-likeness (QED) is 0.924. The van der Waals surface area contributed by atoms with Gasteiger partial charge in [-0.15, -0.1) is 11.3 Å². The van der Waals surface area contributed by atoms with Gasteiger partial charge >= 0.3 is 0 Å². The van der Waals surface area contributed by atoms with Crippen molar-refractivity contribution >= 4 is 33.1 Å². The molecule has 0 spiro atoms. The number of nitrogens with one attached hydrogen (secondary N) is 1. The molecule has 1 heterocycles. The Bertz CT molecular complexity index is 659. The molecule has 2 saturated carbocycles. The Morgan fingerprint density at radius 1 is 1.42 bits per heavy atom. The highest BCUT2D eigenvalue weighted by Gasteiger charge is 2.39. The van der Waals surface area contributed by atoms with Gasteiger partial charge in [-0.3, -0.25) is 4.79 Å². The first-order valence-electron chi connectivity index (χ1n) is 6.92. The van der Waals surface area contributed by atoms with Gasteiger partial charge in [0.15, 0.2) is 0 Å². The van der Waals surface area contributed by atoms with Gasteiger partial charge in [0.25, 0.3) is 0 Å². The molecule has 0 bridgehead atoms. The van der Waals surface area contributed by atoms with Crippen molar-refractivity contribution in [3.05, 3.63) is 23.2 Å². The zero-order valence-corrected chi connectivity index (χ0v) is 11.7. The van der Waals surface area contributed by atoms with Crippen molar-refractivity contribution in [3.8, 4) is 0 Å². The van der Waals surface area contributed by atoms with Gasteiger partial charge in [0, 0.05) is 17.5 Å². The Hall–Kier alpha value is -1.42. The molecule has 4 rings (SSSR count). The number of fused-ring (bicyclic) bond motifs is 1. The van der Waals surface area contributed by atoms with Gasteiger partial charge in [-0.05, 0) is 43.4 Å². The van der Waals surface area contributed by atoms with Crippen LogP contribution in [0, 0.1) is 11.8 Å². The van der Waals surface area contributed by atoms with Crippen molar-refractivity contribution in [2.75, 3.05) is 5.32 Å². The van der Waals surface area contributed by atoms with Crippen LogP contribution >= 0.6 is 11.3 Å². The molecule has 2 aliphatic carbocycles. The number of benzene rings is 1. The fraction of sp³-hybridized carbons (Fsp3) is 0.467. The topological polar surface area (TPSA) is 42.0 Å². The number of thiazole rings is 1. The average molecular weight is 272 g/mol. The van der Waals surface area contributed by atoms with Crippen molar-refractivity contribution < 1.29 is 4.79 Å². The number of hydrogen-bond donors (Lipinski definition) is 1. The molecule has 0 unspecified atom stereocenters. The second kappa shape index (κ2) is 4.04. The molecule has 2 aromatic rings. The predicted molar refractivity (Wildman–Crippen MR) is 77.5 cm³/mol. The van der Waals surface area contributed by atoms with Gasteiger partial charge in [-0.25, -0.2) is 4.98 Å². The van der Waals surface area contributed by atoms with E-state index in [0.29, 0.717) is 11.8 Å². The molecule has 0 aliphatic heterocycles. The monoisotopic (exact) mass is 272 g/mol. The number of hydrogen-bond acceptors (Lipinski definition) is 3. The molecule has 0 radical (unpaired) electrons. The van der Waals surface area contributed by atoms with E-state index < -0.39 is 0 Å². The zero-order valence-electron chi connectivity index (χ0n) is 10.8. The fourth-order valence-corrected chi connectivity index (χ4v) is 3.62. The Labute approximate surface area is 116 Å². The van der Waals surface area contributed by atoms with Crippen LogP contribution in [0.5, 0.6) is 0 Å². The number of nitrogens with zero attached hydrogens (tertiary/aromatic N) is 1. The van der Waals surface area contributed by atoms with Crippen molar-refractivity contribution in [3.63, 3.8) is 0 Å². The molecule has 1 aromatic heterocycles. The summed E-state index contributed by atoms with van der Waals surface area (Å²) in [6.45, 7) is 2.12. The largest absolute Gasteiger partial charge is 0.326 e. The van der Waals surface area contributed by atoms with E-state index in [0.717, 1.165) is 17.6 Å². The summed E-state index contributed by atoms with van der Waals surface area (Å²) in [6, 6.07) is 6.04. The van der Waals surface area contributed by atoms with Gasteiger partial charge in [0.2, 0.25) is 5.91 Å². The summed E-state index contributed by atoms with van der Waals surface area (Å²) in [7, 11) is 0. The third kappa shape index (κ3) is 2.14. The highest BCUT2D eigenvalue weighted by molar-refractivity contribution is 7.18. The van der Waals surface area contributed by atoms with E-state index in [9.17, 15) is 4.79 Å². The first kappa shape index (κ1) is 11.4. The fourth-order valence-electron chi connectivity index (χ4n) is 2.45. The first-order chi connectivity index (χ1) is 9.20. The Balaban J connectivity index is 1.58. The van der Waals surface area contributed by atoms with E-state index in [4.69, 9.17) is 0 Å². The van der Waals surface area contributed by atoms with Crippen LogP contribution < -0.4 is 5.32 Å². The van der Waals surface area contributed by atoms with Crippen LogP contribution in [0.15, 0.2) is 18.2 Å². The van der Waals surface area contributed by atoms with Crippen LogP contribution in [0.3, 0.4) is 0 Å². The second-order valence-electron chi connectivity index (χ2n) is 5.82. The lowest BCUT2D eigenvalue weighted by molar-refractivity contribution is -0.117. The van der Waals surface area contributed by atoms with Gasteiger partial charge in [0.05, 0.1) is 15.2 Å². The Morgan fingerprint density at radius 3 is 2.89 bits per heavy atom. The van der Waals surface area contributed by atoms with Crippen molar-refractivity contribution in [2.45, 2.75) is 32.1 Å². The highest BCUT2D eigenvalue weighted by atomic mass is 32.1. The lowest BCUT2D eigenvalue weighted by Gasteiger charge is -2.03. The molecule has 2 aliphatic rings. The molecule has 1 aromatic carbocycles. The van der Waals surface area contributed by atoms with Gasteiger partial charge in [-0.2, -0.15) is 0 Å². The molecule has 2 atom stereocenters. The standard InChI is InChI=1S/C15H16N2OS/c1-8-6-11(8)14(18)16-10-4-5-12-13(7-10)19-15(17-12)9-2-3-9/h4-5,7-9,11H,2-3,6H2,1H3,(H,16,18)/t8-,11+/m0/s1. The van der Waals surface area contributed by atoms with E-state index in [1.54, 1.807) is 11.3 Å². The molecule has 1 N–H and O–H groups in total. The smallest absolute Gasteiger partial charge is 0.227 e. The van der Waals surface area contributed by atoms with Gasteiger partial charge < -0.3 is 5.32 Å². The summed E-state index contributed by atoms with van der Waals surface area (Å²) >= 11 is 1.77. The minimum atomic E-state index is 0.166. The molecular weight excluding hydrogens is 256 g/mol. The summed E-state index contributed by atoms with van der Waals surface area (Å²) in [4.78, 5) is 16.6. The Morgan fingerprint density at radius 2 is 2.21 bits per heavy atom. The maximum Gasteiger partial charge on any atom is 0.227 e. The number of amides is 1. The van der Waals surface area contributed by atoms with Crippen LogP contribution in [0.2, 0.25) is 0 Å². The molecule has 2 fully saturated rings. The normalized spacial score (nSPS) is 25.5. The highest BCUT2D eigenvalue weighted by Crippen LogP contribution is 2.43. The average Bonchev–Trinajstić information content (AvgIpc) is 3.29. The Kier molecular flexibility index (Phi) is 2.42. The zero-order chi connectivity index (χ0) is 13.0. The van der Waals surface area contributed by atoms with Crippen molar-refractivity contribution in [2.24, 2.45) is 11.8 Å². The summed E-state index contributed by atoms with van der Waals surface area (Å²) < 4.78 is 1.18. The maximum absolute atomic E-state index is 11.9. The molecular formula is C15H16N2OS. The van der Waals surface area contributed by atoms with Crippen LogP contribution in [0.25, 0.3) is 10.2 Å². The van der Waals surface area contributed by atoms with Crippen LogP contribution in [0.1, 0.15) is 37.1 Å². The van der Waals surface area contributed by atoms with E-state index in [1.807, 2.05) is 12.1 Å². The SMILES string of the molecule is C[C@H]1C[C@H]1C(=O)Nc1ccc2nc(C3CC3)sc2c1. The molecule has 1 amide bonds. The lowest BCUT2D eigenvalue weighted by Crippen LogP contribution is -2.14. The number of anilines is 1. The van der Waals surface area contributed by atoms with E-state index in [1.165, 1.54) is 22.5 Å². The molecule has 4 heteroatoms. The van der Waals surface area contributed by atoms with Crippen LogP contribution in [0.4, 0.5) is 5.69 Å². The first-order valence-corrected chi connectivity index (χ1v) is 7.74. The second-order valence-corrected chi connectivity index (χ2v) is 6.88. The molecule has 98 valence electrons. The number of aromatic nitrogens is 1. The van der Waals surface area contributed by atoms with Crippen molar-refractivity contribution in [1.29, 1.82) is 0 Å². The number of carbonyl (C=O) groups excluding carboxylic acids is 1. The molecule has 0 saturated heterocycles. The summed E-state index contributed by atoms with van der Waals surface area (Å²) in [5, 5.41) is 4.28. The van der Waals surface area contributed by atoms with Crippen LogP contribution in [-0.2, 0) is 4.79 Å². The maximum atomic E-state index is 11.9. The minimum Gasteiger partial charge on any atom is -0.326 e. The number of carbonyl (C=O) groups is 1. The predicted octanol–water partition coefficient (Wildman–Crippen LogP) is 3.77. The summed E-state index contributed by atoms with van der Waals surface area (Å²) in [5.41, 5.74) is 1.97. The minimum absolute atomic E-state index is 0.166. The number of rotatable bonds is 3. The van der Waals surface area contributed by atoms with Crippen LogP contribution in [-0.4, -0.2) is 10.9 Å². The molecule has 19 heavy (non-hydrogen) atoms. The third-order valence-electron chi connectivity index (χ3n) is 4.05. The summed E-state index contributed by atoms with van der Waals surface area (Å²) in [6.07, 6.45) is 3.59. The van der Waals surface area contributed by atoms with E-state index in [2.05, 4.69) is 23.3 Å². The van der Waals surface area contributed by atoms with Gasteiger partial charge in [-0.1, -0.05) is 6.92 Å². The van der Waals surface area contributed by atoms with E-state index in [-0.39, 0.29) is 11.8 Å².